The van der Waals surface area contributed by atoms with Gasteiger partial charge in [0.2, 0.25) is 0 Å². The van der Waals surface area contributed by atoms with Gasteiger partial charge in [0.05, 0.1) is 5.57 Å². The first-order valence-electron chi connectivity index (χ1n) is 3.57. The molecule has 0 spiro atoms. The number of hydrogen-bond acceptors (Lipinski definition) is 1. The smallest absolute Gasteiger partial charge is 0.101 e. The van der Waals surface area contributed by atoms with E-state index in [2.05, 4.69) is 6.07 Å². The number of rotatable bonds is 1. The minimum atomic E-state index is 0.531. The molecule has 0 bridgehead atoms. The first kappa shape index (κ1) is 8.83. The van der Waals surface area contributed by atoms with E-state index in [0.29, 0.717) is 10.6 Å². The average molecular weight is 178 g/mol. The molecule has 60 valence electrons. The van der Waals surface area contributed by atoms with E-state index in [1.807, 2.05) is 30.3 Å². The Hall–Kier alpha value is -1.26. The van der Waals surface area contributed by atoms with Crippen LogP contribution in [0.3, 0.4) is 0 Å². The van der Waals surface area contributed by atoms with E-state index in [4.69, 9.17) is 16.9 Å². The quantitative estimate of drug-likeness (QED) is 0.605. The molecule has 0 radical (unpaired) electrons. The van der Waals surface area contributed by atoms with Crippen LogP contribution in [0.25, 0.3) is 5.57 Å². The SMILES string of the molecule is C/C(Cl)=C(/C#N)c1ccccc1. The average Bonchev–Trinajstić information content (AvgIpc) is 2.07. The van der Waals surface area contributed by atoms with Crippen molar-refractivity contribution in [1.82, 2.24) is 0 Å². The maximum absolute atomic E-state index is 8.76. The van der Waals surface area contributed by atoms with E-state index in [1.54, 1.807) is 6.92 Å². The summed E-state index contributed by atoms with van der Waals surface area (Å²) in [5.74, 6) is 0. The van der Waals surface area contributed by atoms with Crippen LogP contribution in [0, 0.1) is 11.3 Å². The molecule has 0 atom stereocenters. The predicted octanol–water partition coefficient (Wildman–Crippen LogP) is 3.18. The van der Waals surface area contributed by atoms with Crippen LogP contribution in [-0.2, 0) is 0 Å². The summed E-state index contributed by atoms with van der Waals surface area (Å²) in [6.07, 6.45) is 0. The Morgan fingerprint density at radius 2 is 1.92 bits per heavy atom. The van der Waals surface area contributed by atoms with Gasteiger partial charge in [0.25, 0.3) is 0 Å². The van der Waals surface area contributed by atoms with Gasteiger partial charge >= 0.3 is 0 Å². The summed E-state index contributed by atoms with van der Waals surface area (Å²) < 4.78 is 0. The molecule has 0 saturated heterocycles. The second-order valence-corrected chi connectivity index (χ2v) is 2.95. The molecule has 2 heteroatoms. The van der Waals surface area contributed by atoms with Crippen molar-refractivity contribution < 1.29 is 0 Å². The highest BCUT2D eigenvalue weighted by Gasteiger charge is 2.01. The van der Waals surface area contributed by atoms with E-state index in [-0.39, 0.29) is 0 Å². The highest BCUT2D eigenvalue weighted by atomic mass is 35.5. The van der Waals surface area contributed by atoms with E-state index in [9.17, 15) is 0 Å². The molecule has 1 aromatic carbocycles. The fraction of sp³-hybridized carbons (Fsp3) is 0.100. The molecule has 0 fully saturated rings. The molecule has 0 aromatic heterocycles. The van der Waals surface area contributed by atoms with E-state index in [1.165, 1.54) is 0 Å². The Morgan fingerprint density at radius 3 is 2.33 bits per heavy atom. The highest BCUT2D eigenvalue weighted by Crippen LogP contribution is 2.19. The molecule has 1 rings (SSSR count). The lowest BCUT2D eigenvalue weighted by molar-refractivity contribution is 1.50. The maximum Gasteiger partial charge on any atom is 0.101 e. The number of allylic oxidation sites excluding steroid dienone is 2. The zero-order chi connectivity index (χ0) is 8.97. The van der Waals surface area contributed by atoms with Crippen LogP contribution in [-0.4, -0.2) is 0 Å². The lowest BCUT2D eigenvalue weighted by Gasteiger charge is -1.97. The Labute approximate surface area is 76.9 Å². The van der Waals surface area contributed by atoms with Crippen molar-refractivity contribution >= 4 is 17.2 Å². The Bertz CT molecular complexity index is 329. The first-order chi connectivity index (χ1) is 5.75. The maximum atomic E-state index is 8.76. The molecule has 0 aliphatic rings. The van der Waals surface area contributed by atoms with E-state index in [0.717, 1.165) is 5.56 Å². The topological polar surface area (TPSA) is 23.8 Å². The molecule has 0 amide bonds. The number of halogens is 1. The van der Waals surface area contributed by atoms with Crippen molar-refractivity contribution in [2.45, 2.75) is 6.92 Å². The van der Waals surface area contributed by atoms with Gasteiger partial charge in [-0.1, -0.05) is 41.9 Å². The van der Waals surface area contributed by atoms with Crippen molar-refractivity contribution in [3.63, 3.8) is 0 Å². The highest BCUT2D eigenvalue weighted by molar-refractivity contribution is 6.33. The summed E-state index contributed by atoms with van der Waals surface area (Å²) in [5.41, 5.74) is 1.41. The minimum absolute atomic E-state index is 0.531. The van der Waals surface area contributed by atoms with Crippen LogP contribution in [0.5, 0.6) is 0 Å². The van der Waals surface area contributed by atoms with E-state index < -0.39 is 0 Å². The molecule has 0 N–H and O–H groups in total. The Balaban J connectivity index is 3.17. The van der Waals surface area contributed by atoms with Crippen molar-refractivity contribution in [2.24, 2.45) is 0 Å². The fourth-order valence-electron chi connectivity index (χ4n) is 0.945. The lowest BCUT2D eigenvalue weighted by atomic mass is 10.1. The fourth-order valence-corrected chi connectivity index (χ4v) is 1.10. The van der Waals surface area contributed by atoms with E-state index >= 15 is 0 Å². The number of nitriles is 1. The van der Waals surface area contributed by atoms with Gasteiger partial charge in [-0.25, -0.2) is 0 Å². The van der Waals surface area contributed by atoms with Crippen molar-refractivity contribution in [1.29, 1.82) is 5.26 Å². The number of nitrogens with zero attached hydrogens (tertiary/aromatic N) is 1. The van der Waals surface area contributed by atoms with Crippen LogP contribution in [0.1, 0.15) is 12.5 Å². The van der Waals surface area contributed by atoms with Crippen molar-refractivity contribution in [3.05, 3.63) is 40.9 Å². The zero-order valence-electron chi connectivity index (χ0n) is 6.71. The van der Waals surface area contributed by atoms with Crippen LogP contribution in [0.2, 0.25) is 0 Å². The van der Waals surface area contributed by atoms with Crippen LogP contribution in [0.15, 0.2) is 35.4 Å². The third-order valence-electron chi connectivity index (χ3n) is 1.52. The van der Waals surface area contributed by atoms with Crippen molar-refractivity contribution in [2.75, 3.05) is 0 Å². The largest absolute Gasteiger partial charge is 0.192 e. The molecular weight excluding hydrogens is 170 g/mol. The normalized spacial score (nSPS) is 11.8. The van der Waals surface area contributed by atoms with Crippen LogP contribution < -0.4 is 0 Å². The van der Waals surface area contributed by atoms with Gasteiger partial charge < -0.3 is 0 Å². The summed E-state index contributed by atoms with van der Waals surface area (Å²) in [5, 5.41) is 9.29. The summed E-state index contributed by atoms with van der Waals surface area (Å²) in [6, 6.07) is 11.5. The standard InChI is InChI=1S/C10H8ClN/c1-8(11)10(7-12)9-5-3-2-4-6-9/h2-6H,1H3/b10-8+. The molecule has 0 aliphatic carbocycles. The van der Waals surface area contributed by atoms with Gasteiger partial charge in [0, 0.05) is 5.03 Å². The van der Waals surface area contributed by atoms with Gasteiger partial charge in [-0.05, 0) is 12.5 Å². The van der Waals surface area contributed by atoms with Gasteiger partial charge in [0.1, 0.15) is 6.07 Å². The van der Waals surface area contributed by atoms with Crippen LogP contribution in [0.4, 0.5) is 0 Å². The zero-order valence-corrected chi connectivity index (χ0v) is 7.47. The monoisotopic (exact) mass is 177 g/mol. The molecule has 0 unspecified atom stereocenters. The molecule has 1 nitrogen and oxygen atoms in total. The Kier molecular flexibility index (Phi) is 2.90. The molecule has 0 aliphatic heterocycles. The van der Waals surface area contributed by atoms with Gasteiger partial charge in [-0.3, -0.25) is 0 Å². The molecular formula is C10H8ClN. The van der Waals surface area contributed by atoms with Crippen molar-refractivity contribution in [3.8, 4) is 6.07 Å². The predicted molar refractivity (Wildman–Crippen MR) is 50.5 cm³/mol. The number of benzene rings is 1. The third-order valence-corrected chi connectivity index (χ3v) is 1.71. The Morgan fingerprint density at radius 1 is 1.33 bits per heavy atom. The molecule has 0 heterocycles. The summed E-state index contributed by atoms with van der Waals surface area (Å²) in [7, 11) is 0. The molecule has 1 aromatic rings. The van der Waals surface area contributed by atoms with Gasteiger partial charge in [0.15, 0.2) is 0 Å². The summed E-state index contributed by atoms with van der Waals surface area (Å²) in [6.45, 7) is 1.72. The van der Waals surface area contributed by atoms with Gasteiger partial charge in [-0.2, -0.15) is 5.26 Å². The first-order valence-corrected chi connectivity index (χ1v) is 3.95. The second-order valence-electron chi connectivity index (χ2n) is 2.39. The van der Waals surface area contributed by atoms with Gasteiger partial charge in [-0.15, -0.1) is 0 Å². The second kappa shape index (κ2) is 3.94. The summed E-state index contributed by atoms with van der Waals surface area (Å²) >= 11 is 5.74. The number of hydrogen-bond donors (Lipinski definition) is 0. The molecule has 12 heavy (non-hydrogen) atoms. The van der Waals surface area contributed by atoms with Crippen LogP contribution >= 0.6 is 11.6 Å². The molecule has 0 saturated carbocycles. The summed E-state index contributed by atoms with van der Waals surface area (Å²) in [4.78, 5) is 0. The third kappa shape index (κ3) is 1.87. The minimum Gasteiger partial charge on any atom is -0.192 e. The lowest BCUT2D eigenvalue weighted by Crippen LogP contribution is -1.81.